The standard InChI is InChI=1S/C10H15NO/c1-4-10(12)8(5-6-11)7-9(10,2)3/h4,8,12H,1,5,7H2,2-3H3/t8-,10-/m0/s1. The highest BCUT2D eigenvalue weighted by molar-refractivity contribution is 5.18. The second kappa shape index (κ2) is 2.60. The van der Waals surface area contributed by atoms with E-state index in [0.29, 0.717) is 6.42 Å². The highest BCUT2D eigenvalue weighted by atomic mass is 16.3. The van der Waals surface area contributed by atoms with E-state index in [4.69, 9.17) is 5.26 Å². The Labute approximate surface area is 73.5 Å². The molecule has 0 radical (unpaired) electrons. The van der Waals surface area contributed by atoms with E-state index >= 15 is 0 Å². The predicted molar refractivity (Wildman–Crippen MR) is 47.3 cm³/mol. The molecule has 2 nitrogen and oxygen atoms in total. The Bertz CT molecular complexity index is 239. The maximum absolute atomic E-state index is 10.1. The molecule has 0 bridgehead atoms. The monoisotopic (exact) mass is 165 g/mol. The summed E-state index contributed by atoms with van der Waals surface area (Å²) in [5.74, 6) is 0.0787. The second-order valence-corrected chi connectivity index (χ2v) is 4.18. The molecule has 0 spiro atoms. The summed E-state index contributed by atoms with van der Waals surface area (Å²) in [5, 5.41) is 18.6. The quantitative estimate of drug-likeness (QED) is 0.635. The molecule has 1 rings (SSSR count). The van der Waals surface area contributed by atoms with Crippen molar-refractivity contribution < 1.29 is 5.11 Å². The molecule has 1 aliphatic rings. The minimum Gasteiger partial charge on any atom is -0.385 e. The van der Waals surface area contributed by atoms with Gasteiger partial charge in [-0.2, -0.15) is 5.26 Å². The summed E-state index contributed by atoms with van der Waals surface area (Å²) in [7, 11) is 0. The molecule has 0 aromatic rings. The van der Waals surface area contributed by atoms with Gasteiger partial charge in [-0.05, 0) is 11.8 Å². The van der Waals surface area contributed by atoms with Crippen LogP contribution < -0.4 is 0 Å². The molecule has 1 saturated carbocycles. The summed E-state index contributed by atoms with van der Waals surface area (Å²) >= 11 is 0. The van der Waals surface area contributed by atoms with Crippen molar-refractivity contribution in [3.63, 3.8) is 0 Å². The summed E-state index contributed by atoms with van der Waals surface area (Å²) in [5.41, 5.74) is -0.945. The van der Waals surface area contributed by atoms with Crippen molar-refractivity contribution in [2.45, 2.75) is 32.3 Å². The van der Waals surface area contributed by atoms with Crippen molar-refractivity contribution in [2.75, 3.05) is 0 Å². The van der Waals surface area contributed by atoms with E-state index in [1.165, 1.54) is 0 Å². The largest absolute Gasteiger partial charge is 0.385 e. The summed E-state index contributed by atoms with van der Waals surface area (Å²) in [4.78, 5) is 0. The van der Waals surface area contributed by atoms with Crippen molar-refractivity contribution in [1.29, 1.82) is 5.26 Å². The molecule has 66 valence electrons. The number of hydrogen-bond donors (Lipinski definition) is 1. The maximum atomic E-state index is 10.1. The molecule has 12 heavy (non-hydrogen) atoms. The van der Waals surface area contributed by atoms with Crippen molar-refractivity contribution >= 4 is 0 Å². The SMILES string of the molecule is C=C[C@]1(O)[C@@H](CC#N)CC1(C)C. The zero-order valence-electron chi connectivity index (χ0n) is 7.67. The number of nitriles is 1. The lowest BCUT2D eigenvalue weighted by atomic mass is 9.51. The molecule has 0 heterocycles. The Morgan fingerprint density at radius 3 is 2.67 bits per heavy atom. The van der Waals surface area contributed by atoms with Crippen LogP contribution in [0.5, 0.6) is 0 Å². The van der Waals surface area contributed by atoms with Gasteiger partial charge in [0.05, 0.1) is 11.7 Å². The third-order valence-corrected chi connectivity index (χ3v) is 3.11. The molecule has 1 N–H and O–H groups in total. The average Bonchev–Trinajstić information content (AvgIpc) is 2.02. The van der Waals surface area contributed by atoms with Crippen LogP contribution in [0.15, 0.2) is 12.7 Å². The first-order chi connectivity index (χ1) is 5.48. The van der Waals surface area contributed by atoms with E-state index < -0.39 is 5.60 Å². The molecule has 0 saturated heterocycles. The van der Waals surface area contributed by atoms with Gasteiger partial charge in [0, 0.05) is 12.3 Å². The van der Waals surface area contributed by atoms with E-state index in [0.717, 1.165) is 6.42 Å². The molecule has 0 aromatic carbocycles. The van der Waals surface area contributed by atoms with Gasteiger partial charge in [0.15, 0.2) is 0 Å². The van der Waals surface area contributed by atoms with Crippen molar-refractivity contribution in [3.8, 4) is 6.07 Å². The first-order valence-electron chi connectivity index (χ1n) is 4.21. The summed E-state index contributed by atoms with van der Waals surface area (Å²) < 4.78 is 0. The first-order valence-corrected chi connectivity index (χ1v) is 4.21. The first kappa shape index (κ1) is 9.28. The highest BCUT2D eigenvalue weighted by Crippen LogP contribution is 2.55. The fourth-order valence-electron chi connectivity index (χ4n) is 2.14. The van der Waals surface area contributed by atoms with Crippen LogP contribution in [-0.2, 0) is 0 Å². The van der Waals surface area contributed by atoms with Gasteiger partial charge in [0.1, 0.15) is 0 Å². The molecule has 0 amide bonds. The van der Waals surface area contributed by atoms with Gasteiger partial charge in [0.25, 0.3) is 0 Å². The molecule has 0 unspecified atom stereocenters. The van der Waals surface area contributed by atoms with Crippen molar-refractivity contribution in [2.24, 2.45) is 11.3 Å². The van der Waals surface area contributed by atoms with Crippen LogP contribution in [0.1, 0.15) is 26.7 Å². The summed E-state index contributed by atoms with van der Waals surface area (Å²) in [6, 6.07) is 2.09. The normalized spacial score (nSPS) is 38.0. The van der Waals surface area contributed by atoms with Gasteiger partial charge in [-0.1, -0.05) is 19.9 Å². The Morgan fingerprint density at radius 2 is 2.33 bits per heavy atom. The molecule has 2 heteroatoms. The minimum atomic E-state index is -0.831. The number of nitrogens with zero attached hydrogens (tertiary/aromatic N) is 1. The van der Waals surface area contributed by atoms with Crippen molar-refractivity contribution in [3.05, 3.63) is 12.7 Å². The molecule has 2 atom stereocenters. The molecule has 0 aromatic heterocycles. The van der Waals surface area contributed by atoms with Crippen LogP contribution in [0.4, 0.5) is 0 Å². The van der Waals surface area contributed by atoms with Gasteiger partial charge in [-0.15, -0.1) is 6.58 Å². The summed E-state index contributed by atoms with van der Waals surface area (Å²) in [6.07, 6.45) is 2.91. The maximum Gasteiger partial charge on any atom is 0.0913 e. The lowest BCUT2D eigenvalue weighted by Crippen LogP contribution is -2.59. The van der Waals surface area contributed by atoms with E-state index in [2.05, 4.69) is 12.6 Å². The Hall–Kier alpha value is -0.810. The Kier molecular flexibility index (Phi) is 2.01. The zero-order valence-corrected chi connectivity index (χ0v) is 7.67. The van der Waals surface area contributed by atoms with E-state index in [1.807, 2.05) is 13.8 Å². The van der Waals surface area contributed by atoms with Crippen LogP contribution in [-0.4, -0.2) is 10.7 Å². The topological polar surface area (TPSA) is 44.0 Å². The summed E-state index contributed by atoms with van der Waals surface area (Å²) in [6.45, 7) is 7.63. The Morgan fingerprint density at radius 1 is 1.75 bits per heavy atom. The van der Waals surface area contributed by atoms with Gasteiger partial charge in [0.2, 0.25) is 0 Å². The minimum absolute atomic E-state index is 0.0787. The lowest BCUT2D eigenvalue weighted by molar-refractivity contribution is -0.162. The lowest BCUT2D eigenvalue weighted by Gasteiger charge is -2.56. The molecule has 0 aliphatic heterocycles. The van der Waals surface area contributed by atoms with E-state index in [1.54, 1.807) is 6.08 Å². The fourth-order valence-corrected chi connectivity index (χ4v) is 2.14. The van der Waals surface area contributed by atoms with Gasteiger partial charge in [-0.25, -0.2) is 0 Å². The van der Waals surface area contributed by atoms with E-state index in [9.17, 15) is 5.11 Å². The predicted octanol–water partition coefficient (Wildman–Crippen LogP) is 1.86. The number of hydrogen-bond acceptors (Lipinski definition) is 2. The molecular formula is C10H15NO. The van der Waals surface area contributed by atoms with Gasteiger partial charge < -0.3 is 5.11 Å². The van der Waals surface area contributed by atoms with Crippen LogP contribution in [0.2, 0.25) is 0 Å². The van der Waals surface area contributed by atoms with E-state index in [-0.39, 0.29) is 11.3 Å². The molecular weight excluding hydrogens is 150 g/mol. The van der Waals surface area contributed by atoms with Gasteiger partial charge in [-0.3, -0.25) is 0 Å². The van der Waals surface area contributed by atoms with Crippen LogP contribution in [0.25, 0.3) is 0 Å². The second-order valence-electron chi connectivity index (χ2n) is 4.18. The highest BCUT2D eigenvalue weighted by Gasteiger charge is 2.57. The van der Waals surface area contributed by atoms with Crippen LogP contribution in [0, 0.1) is 22.7 Å². The third kappa shape index (κ3) is 0.971. The number of rotatable bonds is 2. The van der Waals surface area contributed by atoms with Crippen LogP contribution in [0.3, 0.4) is 0 Å². The average molecular weight is 165 g/mol. The Balaban J connectivity index is 2.78. The fraction of sp³-hybridized carbons (Fsp3) is 0.700. The number of aliphatic hydroxyl groups is 1. The van der Waals surface area contributed by atoms with Crippen molar-refractivity contribution in [1.82, 2.24) is 0 Å². The third-order valence-electron chi connectivity index (χ3n) is 3.11. The molecule has 1 fully saturated rings. The van der Waals surface area contributed by atoms with Gasteiger partial charge >= 0.3 is 0 Å². The molecule has 1 aliphatic carbocycles. The zero-order chi connectivity index (χ0) is 9.41. The smallest absolute Gasteiger partial charge is 0.0913 e. The van der Waals surface area contributed by atoms with Crippen LogP contribution >= 0.6 is 0 Å².